The Balaban J connectivity index is 0.000000212. The summed E-state index contributed by atoms with van der Waals surface area (Å²) in [6.45, 7) is 2.32. The number of alkyl halides is 5. The number of hydrogen-bond donors (Lipinski definition) is 0. The average Bonchev–Trinajstić information content (AvgIpc) is 1.48. The van der Waals surface area contributed by atoms with Crippen molar-refractivity contribution in [2.45, 2.75) is 71.3 Å². The number of rotatable bonds is 25. The van der Waals surface area contributed by atoms with Crippen LogP contribution in [0.1, 0.15) is 76.6 Å². The Morgan fingerprint density at radius 3 is 0.968 bits per heavy atom. The first-order valence-corrected chi connectivity index (χ1v) is 35.3. The third-order valence-corrected chi connectivity index (χ3v) is 17.0. The van der Waals surface area contributed by atoms with Gasteiger partial charge >= 0.3 is 34.6 Å². The molecule has 0 aliphatic heterocycles. The molecule has 10 aromatic heterocycles. The molecule has 0 bridgehead atoms. The van der Waals surface area contributed by atoms with Gasteiger partial charge in [0.15, 0.2) is 0 Å². The number of methoxy groups -OCH3 is 1. The van der Waals surface area contributed by atoms with Gasteiger partial charge in [0.2, 0.25) is 0 Å². The second kappa shape index (κ2) is 48.9. The molecule has 5 radical (unpaired) electrons. The van der Waals surface area contributed by atoms with Crippen LogP contribution >= 0.6 is 0 Å². The molecule has 125 heavy (non-hydrogen) atoms. The molecule has 1 fully saturated rings. The summed E-state index contributed by atoms with van der Waals surface area (Å²) in [4.78, 5) is 60.5. The molecule has 16 rings (SSSR count). The number of aryl methyl sites for hydroxylation is 5. The van der Waals surface area contributed by atoms with E-state index >= 15 is 0 Å². The van der Waals surface area contributed by atoms with Crippen LogP contribution < -0.4 is 61.6 Å². The second-order valence-electron chi connectivity index (χ2n) is 24.7. The summed E-state index contributed by atoms with van der Waals surface area (Å²) in [6.07, 6.45) is 14.7. The van der Waals surface area contributed by atoms with E-state index < -0.39 is 36.2 Å². The van der Waals surface area contributed by atoms with Crippen molar-refractivity contribution in [3.05, 3.63) is 280 Å². The fraction of sp³-hybridized carbons (Fsp3) is 0.247. The van der Waals surface area contributed by atoms with Gasteiger partial charge in [0.1, 0.15) is 11.5 Å². The minimum absolute atomic E-state index is 0. The van der Waals surface area contributed by atoms with Crippen LogP contribution in [0, 0.1) is 31.0 Å². The molecule has 5 aromatic carbocycles. The summed E-state index contributed by atoms with van der Waals surface area (Å²) in [5.74, 6) is 3.78. The van der Waals surface area contributed by atoms with Crippen LogP contribution in [-0.2, 0) is 238 Å². The van der Waals surface area contributed by atoms with E-state index in [2.05, 4.69) is 140 Å². The zero-order valence-corrected chi connectivity index (χ0v) is 81.0. The van der Waals surface area contributed by atoms with E-state index in [1.165, 1.54) is 126 Å². The van der Waals surface area contributed by atoms with E-state index in [4.69, 9.17) is 33.2 Å². The largest absolute Gasteiger partial charge is 0.573 e. The summed E-state index contributed by atoms with van der Waals surface area (Å²) in [5.41, 5.74) is 1.80. The van der Waals surface area contributed by atoms with E-state index in [1.54, 1.807) is 62.7 Å². The van der Waals surface area contributed by atoms with Crippen molar-refractivity contribution >= 4 is 0 Å². The molecule has 0 saturated heterocycles. The Morgan fingerprint density at radius 1 is 0.376 bits per heavy atom. The first-order valence-electron chi connectivity index (χ1n) is 35.3. The number of aromatic nitrogens is 30. The van der Waals surface area contributed by atoms with Crippen molar-refractivity contribution in [1.82, 2.24) is 150 Å². The Kier molecular flexibility index (Phi) is 39.8. The molecule has 0 atom stereocenters. The smallest absolute Gasteiger partial charge is 0.416 e. The van der Waals surface area contributed by atoms with Gasteiger partial charge in [0, 0.05) is 252 Å². The van der Waals surface area contributed by atoms with Gasteiger partial charge in [-0.15, -0.1) is 31.0 Å². The summed E-state index contributed by atoms with van der Waals surface area (Å²) < 4.78 is 117. The van der Waals surface area contributed by atoms with E-state index in [0.29, 0.717) is 81.8 Å². The molecule has 1 aliphatic rings. The molecule has 633 valence electrons. The van der Waals surface area contributed by atoms with Crippen LogP contribution in [0.5, 0.6) is 40.2 Å². The van der Waals surface area contributed by atoms with Crippen LogP contribution in [0.3, 0.4) is 0 Å². The number of tetrazole rings is 5. The molecule has 1 aliphatic carbocycles. The zero-order valence-electron chi connectivity index (χ0n) is 66.8. The van der Waals surface area contributed by atoms with Gasteiger partial charge < -0.3 is 33.2 Å². The summed E-state index contributed by atoms with van der Waals surface area (Å²) in [7, 11) is 8.94. The standard InChI is InChI=1S/C16H15N6O2.C15H15N6O3.C14H10F3N6O2.C14H11F2N6O2.C14H13N6O3.5Y/c1-21-16(23)22(20-19-21)15-4-2-3-13(11-5-6-11)14(15)10-24-12-7-8-17-18-9-12;1-3-23-14-6-4-5-13(21-15(22)20(2)18-19-21)12(14)10-24-11-7-8-16-17-9-11;1-22-13(24)23(21-20-22)12-4-2-3-11(14(15,16)17)10(12)8-25-9-5-6-18-19-7-9;1-21-14(23)22(20-19-21)12-4-2-3-10(13(15)16)11(12)8-24-9-5-6-17-18-7-9;1-19-14(21)20(18-17-19)12-4-3-5-13(22-2)11(12)9-23-10-6-7-15-16-8-10;;;;;/h2-4,7,9,11H,5-6,10H2,1H3;4-7,9H,3,10H2,1-2H3;2-5,7H,8H2,1H3;2-5,7,13H,8H2,1H3;3-6,8H,9H2,1-2H3;;;;;/q5*-1;;;;;. The van der Waals surface area contributed by atoms with E-state index in [-0.39, 0.29) is 234 Å². The Bertz CT molecular complexity index is 6110. The van der Waals surface area contributed by atoms with Crippen molar-refractivity contribution in [2.75, 3.05) is 13.7 Å². The van der Waals surface area contributed by atoms with Crippen molar-refractivity contribution in [2.24, 2.45) is 35.2 Å². The van der Waals surface area contributed by atoms with E-state index in [0.717, 1.165) is 52.6 Å². The number of nitrogens with zero attached hydrogens (tertiary/aromatic N) is 30. The van der Waals surface area contributed by atoms with Crippen LogP contribution in [-0.4, -0.2) is 164 Å². The molecular weight excluding hydrogens is 2030 g/mol. The van der Waals surface area contributed by atoms with Gasteiger partial charge in [-0.1, -0.05) is 42.5 Å². The SMILES string of the molecule is CCOc1cccc(-n2nnn(C)c2=O)c1COc1c[c-]nnc1.COc1cccc(-n2nnn(C)c2=O)c1COc1c[c-]nnc1.Cn1nnn(-c2cccc(C(F)(F)F)c2COc2c[c-]nnc2)c1=O.Cn1nnn(-c2cccc(C(F)F)c2COc2c[c-]nnc2)c1=O.Cn1nnn(-c2cccc(C3CC3)c2COc2c[c-]nnc2)c1=O.[Y].[Y].[Y].[Y].[Y]. The van der Waals surface area contributed by atoms with Crippen LogP contribution in [0.4, 0.5) is 22.0 Å². The van der Waals surface area contributed by atoms with Gasteiger partial charge in [0.05, 0.1) is 91.9 Å². The molecule has 0 amide bonds. The molecule has 52 heteroatoms. The molecule has 0 unspecified atom stereocenters. The molecule has 10 heterocycles. The summed E-state index contributed by atoms with van der Waals surface area (Å²) in [5, 5.41) is 73.3. The number of halogens is 5. The third-order valence-electron chi connectivity index (χ3n) is 17.0. The Morgan fingerprint density at radius 2 is 0.664 bits per heavy atom. The number of benzene rings is 5. The first-order chi connectivity index (χ1) is 58.1. The monoisotopic (exact) mass is 2090 g/mol. The maximum atomic E-state index is 13.4. The minimum atomic E-state index is -4.64. The molecule has 1 saturated carbocycles. The second-order valence-corrected chi connectivity index (χ2v) is 24.7. The predicted octanol–water partition coefficient (Wildman–Crippen LogP) is 3.90. The minimum Gasteiger partial charge on any atom is -0.573 e. The summed E-state index contributed by atoms with van der Waals surface area (Å²) in [6, 6.07) is 31.6. The van der Waals surface area contributed by atoms with E-state index in [1.807, 2.05) is 25.1 Å². The molecule has 0 spiro atoms. The zero-order chi connectivity index (χ0) is 84.8. The normalized spacial score (nSPS) is 11.0. The number of hydrogen-bond acceptors (Lipinski definition) is 32. The topological polar surface area (TPSA) is 457 Å². The van der Waals surface area contributed by atoms with Crippen molar-refractivity contribution < 1.29 is 219 Å². The van der Waals surface area contributed by atoms with Crippen molar-refractivity contribution in [1.29, 1.82) is 0 Å². The predicted molar refractivity (Wildman–Crippen MR) is 399 cm³/mol. The van der Waals surface area contributed by atoms with Crippen molar-refractivity contribution in [3.63, 3.8) is 0 Å². The Hall–Kier alpha value is -10.4. The quantitative estimate of drug-likeness (QED) is 0.0578. The van der Waals surface area contributed by atoms with Gasteiger partial charge in [-0.25, -0.2) is 32.8 Å². The first kappa shape index (κ1) is 102. The third kappa shape index (κ3) is 26.4. The molecule has 15 aromatic rings. The number of ether oxygens (including phenoxy) is 7. The Labute approximate surface area is 828 Å². The van der Waals surface area contributed by atoms with Gasteiger partial charge in [-0.05, 0) is 161 Å². The van der Waals surface area contributed by atoms with Crippen LogP contribution in [0.25, 0.3) is 28.4 Å². The van der Waals surface area contributed by atoms with Gasteiger partial charge in [-0.2, -0.15) is 116 Å². The summed E-state index contributed by atoms with van der Waals surface area (Å²) >= 11 is 0. The maximum absolute atomic E-state index is 13.4. The average molecular weight is 2090 g/mol. The maximum Gasteiger partial charge on any atom is 0.416 e. The molecular formula is C73H64F5N30O12Y5-5. The molecule has 42 nitrogen and oxygen atoms in total. The van der Waals surface area contributed by atoms with Crippen molar-refractivity contribution in [3.8, 4) is 68.7 Å². The fourth-order valence-electron chi connectivity index (χ4n) is 11.1. The van der Waals surface area contributed by atoms with Gasteiger partial charge in [0.25, 0.3) is 6.43 Å². The fourth-order valence-corrected chi connectivity index (χ4v) is 11.1. The van der Waals surface area contributed by atoms with Gasteiger partial charge in [-0.3, -0.25) is 25.5 Å². The molecule has 0 N–H and O–H groups in total. The van der Waals surface area contributed by atoms with E-state index in [9.17, 15) is 45.9 Å². The van der Waals surface area contributed by atoms with Crippen LogP contribution in [0.15, 0.2) is 176 Å². The van der Waals surface area contributed by atoms with Crippen LogP contribution in [0.2, 0.25) is 0 Å².